The lowest BCUT2D eigenvalue weighted by molar-refractivity contribution is 0.158. The van der Waals surface area contributed by atoms with Crippen molar-refractivity contribution in [1.82, 2.24) is 0 Å². The van der Waals surface area contributed by atoms with E-state index in [-0.39, 0.29) is 0 Å². The van der Waals surface area contributed by atoms with E-state index in [1.54, 1.807) is 12.5 Å². The van der Waals surface area contributed by atoms with Gasteiger partial charge in [0.25, 0.3) is 0 Å². The van der Waals surface area contributed by atoms with Crippen LogP contribution in [0.25, 0.3) is 0 Å². The zero-order valence-electron chi connectivity index (χ0n) is 12.7. The second kappa shape index (κ2) is 12.3. The minimum Gasteiger partial charge on any atom is -0.502 e. The standard InChI is InChI=1S/C14H28O4Si/c1-5-9-15-11-13-19(17-7-3,18-8-4)14-12-16-10-6-2/h5-6,9-10H,7-8,11-14H2,1-4H3/b9-5-,10-6-. The summed E-state index contributed by atoms with van der Waals surface area (Å²) < 4.78 is 22.7. The van der Waals surface area contributed by atoms with Crippen molar-refractivity contribution in [1.29, 1.82) is 0 Å². The Labute approximate surface area is 118 Å². The first-order valence-electron chi connectivity index (χ1n) is 6.98. The average Bonchev–Trinajstić information content (AvgIpc) is 2.41. The number of ether oxygens (including phenoxy) is 2. The largest absolute Gasteiger partial charge is 0.502 e. The normalized spacial score (nSPS) is 12.4. The third kappa shape index (κ3) is 8.86. The maximum absolute atomic E-state index is 5.94. The number of hydrogen-bond acceptors (Lipinski definition) is 4. The predicted octanol–water partition coefficient (Wildman–Crippen LogP) is 3.60. The zero-order valence-corrected chi connectivity index (χ0v) is 13.7. The van der Waals surface area contributed by atoms with Gasteiger partial charge in [0.05, 0.1) is 25.7 Å². The van der Waals surface area contributed by atoms with E-state index in [2.05, 4.69) is 0 Å². The smallest absolute Gasteiger partial charge is 0.345 e. The molecule has 0 aliphatic carbocycles. The minimum atomic E-state index is -2.21. The first-order valence-corrected chi connectivity index (χ1v) is 9.21. The van der Waals surface area contributed by atoms with Gasteiger partial charge in [-0.05, 0) is 27.7 Å². The molecule has 0 unspecified atom stereocenters. The highest BCUT2D eigenvalue weighted by Gasteiger charge is 2.36. The number of allylic oxidation sites excluding steroid dienone is 2. The highest BCUT2D eigenvalue weighted by atomic mass is 28.4. The fourth-order valence-corrected chi connectivity index (χ4v) is 4.56. The van der Waals surface area contributed by atoms with E-state index in [0.717, 1.165) is 12.1 Å². The zero-order chi connectivity index (χ0) is 14.4. The van der Waals surface area contributed by atoms with Crippen molar-refractivity contribution in [2.24, 2.45) is 0 Å². The molecule has 0 fully saturated rings. The molecule has 0 saturated carbocycles. The fraction of sp³-hybridized carbons (Fsp3) is 0.714. The molecular weight excluding hydrogens is 260 g/mol. The maximum Gasteiger partial charge on any atom is 0.345 e. The van der Waals surface area contributed by atoms with Crippen LogP contribution in [0.4, 0.5) is 0 Å². The highest BCUT2D eigenvalue weighted by Crippen LogP contribution is 2.20. The van der Waals surface area contributed by atoms with Gasteiger partial charge in [-0.1, -0.05) is 12.2 Å². The lowest BCUT2D eigenvalue weighted by Crippen LogP contribution is -2.44. The van der Waals surface area contributed by atoms with Gasteiger partial charge in [-0.3, -0.25) is 0 Å². The van der Waals surface area contributed by atoms with Crippen molar-refractivity contribution in [2.45, 2.75) is 39.8 Å². The van der Waals surface area contributed by atoms with Crippen LogP contribution in [0.2, 0.25) is 12.1 Å². The molecule has 4 nitrogen and oxygen atoms in total. The van der Waals surface area contributed by atoms with Crippen LogP contribution in [0.3, 0.4) is 0 Å². The molecule has 0 aromatic heterocycles. The summed E-state index contributed by atoms with van der Waals surface area (Å²) in [5, 5.41) is 0. The Bertz CT molecular complexity index is 228. The third-order valence-electron chi connectivity index (χ3n) is 2.48. The quantitative estimate of drug-likeness (QED) is 0.312. The average molecular weight is 288 g/mol. The van der Waals surface area contributed by atoms with Crippen molar-refractivity contribution in [2.75, 3.05) is 26.4 Å². The van der Waals surface area contributed by atoms with Crippen LogP contribution in [-0.2, 0) is 18.3 Å². The van der Waals surface area contributed by atoms with E-state index < -0.39 is 8.56 Å². The Hall–Kier alpha value is -0.783. The third-order valence-corrected chi connectivity index (χ3v) is 6.04. The Morgan fingerprint density at radius 2 is 1.21 bits per heavy atom. The summed E-state index contributed by atoms with van der Waals surface area (Å²) in [6, 6.07) is 1.64. The fourth-order valence-electron chi connectivity index (χ4n) is 1.74. The van der Waals surface area contributed by atoms with Crippen LogP contribution >= 0.6 is 0 Å². The number of hydrogen-bond donors (Lipinski definition) is 0. The van der Waals surface area contributed by atoms with Gasteiger partial charge in [-0.2, -0.15) is 0 Å². The molecule has 0 saturated heterocycles. The second-order valence-corrected chi connectivity index (χ2v) is 7.36. The molecular formula is C14H28O4Si. The molecule has 0 spiro atoms. The van der Waals surface area contributed by atoms with Crippen molar-refractivity contribution >= 4 is 8.56 Å². The van der Waals surface area contributed by atoms with Gasteiger partial charge in [0.15, 0.2) is 0 Å². The second-order valence-electron chi connectivity index (χ2n) is 3.96. The SMILES string of the molecule is C/C=C\OCC[Si](CCO/C=C\C)(OCC)OCC. The van der Waals surface area contributed by atoms with Crippen LogP contribution in [-0.4, -0.2) is 35.0 Å². The van der Waals surface area contributed by atoms with E-state index in [1.807, 2.05) is 39.8 Å². The van der Waals surface area contributed by atoms with Crippen molar-refractivity contribution in [3.63, 3.8) is 0 Å². The van der Waals surface area contributed by atoms with Gasteiger partial charge in [-0.15, -0.1) is 0 Å². The maximum atomic E-state index is 5.94. The molecule has 0 amide bonds. The summed E-state index contributed by atoms with van der Waals surface area (Å²) in [5.74, 6) is 0. The molecule has 19 heavy (non-hydrogen) atoms. The predicted molar refractivity (Wildman–Crippen MR) is 80.2 cm³/mol. The van der Waals surface area contributed by atoms with Crippen LogP contribution in [0.5, 0.6) is 0 Å². The summed E-state index contributed by atoms with van der Waals surface area (Å²) in [5.41, 5.74) is 0. The molecule has 5 heteroatoms. The van der Waals surface area contributed by atoms with Crippen molar-refractivity contribution in [3.05, 3.63) is 24.7 Å². The van der Waals surface area contributed by atoms with Gasteiger partial charge < -0.3 is 18.3 Å². The minimum absolute atomic E-state index is 0.625. The molecule has 0 rings (SSSR count). The lowest BCUT2D eigenvalue weighted by atomic mass is 10.7. The monoisotopic (exact) mass is 288 g/mol. The molecule has 0 radical (unpaired) electrons. The van der Waals surface area contributed by atoms with Crippen molar-refractivity contribution < 1.29 is 18.3 Å². The van der Waals surface area contributed by atoms with E-state index in [4.69, 9.17) is 18.3 Å². The Kier molecular flexibility index (Phi) is 11.8. The molecule has 0 aromatic carbocycles. The summed E-state index contributed by atoms with van der Waals surface area (Å²) in [7, 11) is -2.21. The Balaban J connectivity index is 4.37. The van der Waals surface area contributed by atoms with Gasteiger partial charge >= 0.3 is 8.56 Å². The van der Waals surface area contributed by atoms with E-state index >= 15 is 0 Å². The van der Waals surface area contributed by atoms with Gasteiger partial charge in [0.2, 0.25) is 0 Å². The topological polar surface area (TPSA) is 36.9 Å². The first kappa shape index (κ1) is 18.2. The molecule has 0 N–H and O–H groups in total. The highest BCUT2D eigenvalue weighted by molar-refractivity contribution is 6.67. The van der Waals surface area contributed by atoms with Crippen LogP contribution in [0.1, 0.15) is 27.7 Å². The molecule has 0 bridgehead atoms. The summed E-state index contributed by atoms with van der Waals surface area (Å²) in [6.07, 6.45) is 7.15. The van der Waals surface area contributed by atoms with E-state index in [9.17, 15) is 0 Å². The molecule has 0 aliphatic rings. The molecule has 112 valence electrons. The van der Waals surface area contributed by atoms with Crippen LogP contribution in [0.15, 0.2) is 24.7 Å². The molecule has 0 atom stereocenters. The van der Waals surface area contributed by atoms with E-state index in [1.165, 1.54) is 0 Å². The molecule has 0 aliphatic heterocycles. The molecule has 0 aromatic rings. The Morgan fingerprint density at radius 3 is 1.53 bits per heavy atom. The van der Waals surface area contributed by atoms with Crippen LogP contribution < -0.4 is 0 Å². The van der Waals surface area contributed by atoms with Gasteiger partial charge in [-0.25, -0.2) is 0 Å². The lowest BCUT2D eigenvalue weighted by Gasteiger charge is -2.29. The number of rotatable bonds is 12. The first-order chi connectivity index (χ1) is 9.24. The van der Waals surface area contributed by atoms with Crippen molar-refractivity contribution in [3.8, 4) is 0 Å². The Morgan fingerprint density at radius 1 is 0.789 bits per heavy atom. The van der Waals surface area contributed by atoms with Crippen LogP contribution in [0, 0.1) is 0 Å². The van der Waals surface area contributed by atoms with Gasteiger partial charge in [0.1, 0.15) is 0 Å². The molecule has 0 heterocycles. The van der Waals surface area contributed by atoms with E-state index in [0.29, 0.717) is 26.4 Å². The summed E-state index contributed by atoms with van der Waals surface area (Å²) in [6.45, 7) is 10.4. The summed E-state index contributed by atoms with van der Waals surface area (Å²) >= 11 is 0. The summed E-state index contributed by atoms with van der Waals surface area (Å²) in [4.78, 5) is 0. The van der Waals surface area contributed by atoms with Gasteiger partial charge in [0, 0.05) is 25.3 Å².